The standard InChI is InChI=1S/C22H31NO.C4H10/c1-8-10-11-21(17(3)4)18(5)23(6)15-14-19-12-13-22(24-7)20(9-2)16-19;1-3-4-2/h8,10-13,16H,3,5,9,14-15H2,1-2,4,6-7H3;3-4H2,1-2H3/b10-8-,21-11+;. The fourth-order valence-corrected chi connectivity index (χ4v) is 2.58. The smallest absolute Gasteiger partial charge is 0.122 e. The quantitative estimate of drug-likeness (QED) is 0.398. The zero-order valence-electron chi connectivity index (χ0n) is 19.3. The minimum Gasteiger partial charge on any atom is -0.496 e. The molecule has 0 heterocycles. The SMILES string of the molecule is C=C(C)/C(=C\C=C/C)C(=C)N(C)CCc1ccc(OC)c(CC)c1.CCCC. The van der Waals surface area contributed by atoms with E-state index >= 15 is 0 Å². The van der Waals surface area contributed by atoms with Gasteiger partial charge in [-0.2, -0.15) is 0 Å². The zero-order chi connectivity index (χ0) is 21.5. The predicted octanol–water partition coefficient (Wildman–Crippen LogP) is 7.13. The summed E-state index contributed by atoms with van der Waals surface area (Å²) in [5.74, 6) is 0.970. The molecule has 1 rings (SSSR count). The van der Waals surface area contributed by atoms with Crippen LogP contribution in [0.15, 0.2) is 66.4 Å². The molecule has 156 valence electrons. The van der Waals surface area contributed by atoms with E-state index in [9.17, 15) is 0 Å². The van der Waals surface area contributed by atoms with E-state index in [-0.39, 0.29) is 0 Å². The molecule has 1 aromatic carbocycles. The first-order valence-corrected chi connectivity index (χ1v) is 10.4. The molecule has 0 amide bonds. The molecule has 0 N–H and O–H groups in total. The van der Waals surface area contributed by atoms with Crippen LogP contribution in [0.1, 0.15) is 58.6 Å². The van der Waals surface area contributed by atoms with Crippen molar-refractivity contribution in [2.45, 2.75) is 60.3 Å². The third-order valence-electron chi connectivity index (χ3n) is 4.65. The van der Waals surface area contributed by atoms with E-state index < -0.39 is 0 Å². The van der Waals surface area contributed by atoms with Crippen LogP contribution >= 0.6 is 0 Å². The van der Waals surface area contributed by atoms with Gasteiger partial charge in [0.25, 0.3) is 0 Å². The molecule has 0 bridgehead atoms. The first kappa shape index (κ1) is 25.8. The van der Waals surface area contributed by atoms with Crippen molar-refractivity contribution in [2.24, 2.45) is 0 Å². The van der Waals surface area contributed by atoms with Crippen LogP contribution in [0.4, 0.5) is 0 Å². The van der Waals surface area contributed by atoms with Crippen LogP contribution in [0.5, 0.6) is 5.75 Å². The maximum Gasteiger partial charge on any atom is 0.122 e. The molecule has 2 nitrogen and oxygen atoms in total. The molecular weight excluding hydrogens is 342 g/mol. The molecule has 0 spiro atoms. The van der Waals surface area contributed by atoms with Crippen molar-refractivity contribution >= 4 is 0 Å². The first-order chi connectivity index (χ1) is 13.4. The summed E-state index contributed by atoms with van der Waals surface area (Å²) in [5, 5.41) is 0. The van der Waals surface area contributed by atoms with E-state index in [2.05, 4.69) is 70.2 Å². The van der Waals surface area contributed by atoms with Gasteiger partial charge in [0.05, 0.1) is 7.11 Å². The topological polar surface area (TPSA) is 12.5 Å². The van der Waals surface area contributed by atoms with E-state index in [1.54, 1.807) is 7.11 Å². The van der Waals surface area contributed by atoms with Gasteiger partial charge in [0.2, 0.25) is 0 Å². The van der Waals surface area contributed by atoms with Crippen molar-refractivity contribution < 1.29 is 4.74 Å². The highest BCUT2D eigenvalue weighted by atomic mass is 16.5. The average Bonchev–Trinajstić information content (AvgIpc) is 2.71. The molecule has 0 unspecified atom stereocenters. The summed E-state index contributed by atoms with van der Waals surface area (Å²) in [6.45, 7) is 19.8. The zero-order valence-corrected chi connectivity index (χ0v) is 19.3. The van der Waals surface area contributed by atoms with Gasteiger partial charge < -0.3 is 9.64 Å². The Morgan fingerprint density at radius 2 is 1.79 bits per heavy atom. The van der Waals surface area contributed by atoms with Crippen molar-refractivity contribution in [3.05, 3.63) is 77.6 Å². The molecule has 28 heavy (non-hydrogen) atoms. The van der Waals surface area contributed by atoms with Gasteiger partial charge in [-0.05, 0) is 55.0 Å². The molecule has 0 aliphatic carbocycles. The Morgan fingerprint density at radius 1 is 1.14 bits per heavy atom. The minimum atomic E-state index is 0.911. The molecule has 0 saturated carbocycles. The number of rotatable bonds is 10. The third kappa shape index (κ3) is 9.12. The molecule has 0 aliphatic heterocycles. The number of hydrogen-bond acceptors (Lipinski definition) is 2. The highest BCUT2D eigenvalue weighted by Crippen LogP contribution is 2.22. The maximum absolute atomic E-state index is 5.40. The van der Waals surface area contributed by atoms with Crippen LogP contribution in [-0.2, 0) is 12.8 Å². The molecule has 1 aromatic rings. The lowest BCUT2D eigenvalue weighted by Gasteiger charge is -2.24. The Kier molecular flexibility index (Phi) is 13.6. The second-order valence-electron chi connectivity index (χ2n) is 7.00. The summed E-state index contributed by atoms with van der Waals surface area (Å²) in [4.78, 5) is 2.19. The number of allylic oxidation sites excluding steroid dienone is 4. The minimum absolute atomic E-state index is 0.911. The van der Waals surface area contributed by atoms with Crippen molar-refractivity contribution in [3.63, 3.8) is 0 Å². The molecule has 2 heteroatoms. The van der Waals surface area contributed by atoms with E-state index in [1.165, 1.54) is 24.0 Å². The summed E-state index contributed by atoms with van der Waals surface area (Å²) < 4.78 is 5.40. The van der Waals surface area contributed by atoms with E-state index in [0.717, 1.165) is 42.0 Å². The molecular formula is C26H41NO. The number of methoxy groups -OCH3 is 1. The Balaban J connectivity index is 0.00000165. The fourth-order valence-electron chi connectivity index (χ4n) is 2.58. The van der Waals surface area contributed by atoms with Gasteiger partial charge in [-0.15, -0.1) is 0 Å². The largest absolute Gasteiger partial charge is 0.496 e. The third-order valence-corrected chi connectivity index (χ3v) is 4.65. The lowest BCUT2D eigenvalue weighted by molar-refractivity contribution is 0.409. The molecule has 0 aromatic heterocycles. The summed E-state index contributed by atoms with van der Waals surface area (Å²) in [6, 6.07) is 6.45. The van der Waals surface area contributed by atoms with Crippen LogP contribution in [0, 0.1) is 0 Å². The summed E-state index contributed by atoms with van der Waals surface area (Å²) in [6.07, 6.45) is 10.7. The Morgan fingerprint density at radius 3 is 2.25 bits per heavy atom. The lowest BCUT2D eigenvalue weighted by atomic mass is 10.0. The molecule has 0 atom stereocenters. The summed E-state index contributed by atoms with van der Waals surface area (Å²) in [7, 11) is 3.81. The van der Waals surface area contributed by atoms with Gasteiger partial charge in [-0.1, -0.05) is 77.1 Å². The molecule has 0 radical (unpaired) electrons. The number of ether oxygens (including phenoxy) is 1. The van der Waals surface area contributed by atoms with E-state index in [4.69, 9.17) is 4.74 Å². The van der Waals surface area contributed by atoms with Crippen molar-refractivity contribution in [1.82, 2.24) is 4.90 Å². The fraction of sp³-hybridized carbons (Fsp3) is 0.462. The molecule has 0 fully saturated rings. The number of hydrogen-bond donors (Lipinski definition) is 0. The van der Waals surface area contributed by atoms with Crippen molar-refractivity contribution in [2.75, 3.05) is 20.7 Å². The Hall–Kier alpha value is -2.22. The monoisotopic (exact) mass is 383 g/mol. The summed E-state index contributed by atoms with van der Waals surface area (Å²) >= 11 is 0. The molecule has 0 saturated heterocycles. The van der Waals surface area contributed by atoms with Crippen LogP contribution < -0.4 is 4.74 Å². The Labute approximate surface area is 174 Å². The van der Waals surface area contributed by atoms with Crippen LogP contribution in [0.25, 0.3) is 0 Å². The molecule has 0 aliphatic rings. The number of likely N-dealkylation sites (N-methyl/N-ethyl adjacent to an activating group) is 1. The van der Waals surface area contributed by atoms with Crippen molar-refractivity contribution in [1.29, 1.82) is 0 Å². The van der Waals surface area contributed by atoms with Crippen molar-refractivity contribution in [3.8, 4) is 5.75 Å². The van der Waals surface area contributed by atoms with E-state index in [0.29, 0.717) is 0 Å². The van der Waals surface area contributed by atoms with Gasteiger partial charge in [-0.3, -0.25) is 0 Å². The van der Waals surface area contributed by atoms with Crippen LogP contribution in [0.2, 0.25) is 0 Å². The lowest BCUT2D eigenvalue weighted by Crippen LogP contribution is -2.21. The summed E-state index contributed by atoms with van der Waals surface area (Å²) in [5.41, 5.74) is 5.71. The van der Waals surface area contributed by atoms with Crippen LogP contribution in [0.3, 0.4) is 0 Å². The van der Waals surface area contributed by atoms with Gasteiger partial charge in [0.15, 0.2) is 0 Å². The average molecular weight is 384 g/mol. The number of unbranched alkanes of at least 4 members (excludes halogenated alkanes) is 1. The van der Waals surface area contributed by atoms with Gasteiger partial charge >= 0.3 is 0 Å². The van der Waals surface area contributed by atoms with Gasteiger partial charge in [0.1, 0.15) is 5.75 Å². The van der Waals surface area contributed by atoms with Gasteiger partial charge in [-0.25, -0.2) is 0 Å². The number of benzene rings is 1. The number of aryl methyl sites for hydroxylation is 1. The highest BCUT2D eigenvalue weighted by molar-refractivity contribution is 5.44. The predicted molar refractivity (Wildman–Crippen MR) is 126 cm³/mol. The van der Waals surface area contributed by atoms with E-state index in [1.807, 2.05) is 26.0 Å². The van der Waals surface area contributed by atoms with Crippen LogP contribution in [-0.4, -0.2) is 25.6 Å². The maximum atomic E-state index is 5.40. The normalized spacial score (nSPS) is 11.0. The highest BCUT2D eigenvalue weighted by Gasteiger charge is 2.09. The number of nitrogens with zero attached hydrogens (tertiary/aromatic N) is 1. The Bertz CT molecular complexity index is 665. The van der Waals surface area contributed by atoms with Gasteiger partial charge in [0, 0.05) is 19.3 Å². The second kappa shape index (κ2) is 14.8. The second-order valence-corrected chi connectivity index (χ2v) is 7.00. The first-order valence-electron chi connectivity index (χ1n) is 10.4.